The molecule has 0 unspecified atom stereocenters. The first-order valence-electron chi connectivity index (χ1n) is 30.5. The van der Waals surface area contributed by atoms with E-state index in [0.29, 0.717) is 0 Å². The van der Waals surface area contributed by atoms with E-state index in [-0.39, 0.29) is 39.2 Å². The molecule has 0 bridgehead atoms. The Morgan fingerprint density at radius 2 is 0.829 bits per heavy atom. The van der Waals surface area contributed by atoms with Gasteiger partial charge in [-0.15, -0.1) is 0 Å². The predicted octanol–water partition coefficient (Wildman–Crippen LogP) is 18.8. The van der Waals surface area contributed by atoms with E-state index in [1.807, 2.05) is 0 Å². The lowest BCUT2D eigenvalue weighted by molar-refractivity contribution is 0.583. The summed E-state index contributed by atoms with van der Waals surface area (Å²) >= 11 is 0. The van der Waals surface area contributed by atoms with Crippen molar-refractivity contribution in [2.75, 3.05) is 0 Å². The molecule has 15 rings (SSSR count). The molecule has 0 saturated carbocycles. The van der Waals surface area contributed by atoms with Crippen LogP contribution in [0.1, 0.15) is 180 Å². The zero-order valence-corrected chi connectivity index (χ0v) is 51.9. The van der Waals surface area contributed by atoms with Crippen LogP contribution in [0.4, 0.5) is 0 Å². The highest BCUT2D eigenvalue weighted by atomic mass is 15.1. The van der Waals surface area contributed by atoms with Crippen molar-refractivity contribution in [1.29, 1.82) is 0 Å². The van der Waals surface area contributed by atoms with Crippen LogP contribution in [-0.4, -0.2) is 15.8 Å². The Morgan fingerprint density at radius 1 is 0.341 bits per heavy atom. The van der Waals surface area contributed by atoms with Crippen LogP contribution in [0, 0.1) is 0 Å². The zero-order chi connectivity index (χ0) is 57.7. The molecular weight excluding hydrogens is 988 g/mol. The minimum atomic E-state index is -0.646. The highest BCUT2D eigenvalue weighted by molar-refractivity contribution is 7.01. The third-order valence-electron chi connectivity index (χ3n) is 20.0. The molecule has 408 valence electrons. The van der Waals surface area contributed by atoms with E-state index in [9.17, 15) is 0 Å². The van der Waals surface area contributed by atoms with Gasteiger partial charge in [-0.25, -0.2) is 0 Å². The van der Waals surface area contributed by atoms with Gasteiger partial charge in [0.2, 0.25) is 0 Å². The first-order chi connectivity index (χ1) is 38.5. The molecule has 0 N–H and O–H groups in total. The van der Waals surface area contributed by atoms with Gasteiger partial charge in [0, 0.05) is 38.6 Å². The van der Waals surface area contributed by atoms with Gasteiger partial charge in [0.15, 0.2) is 0 Å². The Bertz CT molecular complexity index is 4570. The van der Waals surface area contributed by atoms with Gasteiger partial charge in [-0.2, -0.15) is 0 Å². The second-order valence-corrected chi connectivity index (χ2v) is 31.4. The number of hydrogen-bond donors (Lipinski definition) is 0. The summed E-state index contributed by atoms with van der Waals surface area (Å²) in [5, 5.41) is 6.65. The highest BCUT2D eigenvalue weighted by Crippen LogP contribution is 2.63. The molecule has 2 aromatic heterocycles. The molecule has 11 aromatic rings. The van der Waals surface area contributed by atoms with Crippen molar-refractivity contribution >= 4 is 66.6 Å². The van der Waals surface area contributed by atoms with Gasteiger partial charge in [-0.05, 0) is 162 Å². The second kappa shape index (κ2) is 16.0. The van der Waals surface area contributed by atoms with Crippen molar-refractivity contribution < 1.29 is 0 Å². The summed E-state index contributed by atoms with van der Waals surface area (Å²) in [5.74, 6) is 0. The summed E-state index contributed by atoms with van der Waals surface area (Å²) in [7, 11) is 0. The van der Waals surface area contributed by atoms with Crippen LogP contribution >= 0.6 is 0 Å². The van der Waals surface area contributed by atoms with Gasteiger partial charge in [-0.3, -0.25) is 0 Å². The molecule has 1 spiro atoms. The monoisotopic (exact) mass is 1070 g/mol. The quantitative estimate of drug-likeness (QED) is 0.153. The summed E-state index contributed by atoms with van der Waals surface area (Å²) in [5.41, 5.74) is 31.4. The Balaban J connectivity index is 1.20. The van der Waals surface area contributed by atoms with E-state index in [0.717, 1.165) is 0 Å². The van der Waals surface area contributed by atoms with Crippen LogP contribution in [0.15, 0.2) is 152 Å². The molecule has 3 aliphatic heterocycles. The summed E-state index contributed by atoms with van der Waals surface area (Å²) in [6.45, 7) is 42.8. The summed E-state index contributed by atoms with van der Waals surface area (Å²) in [6.07, 6.45) is 0. The van der Waals surface area contributed by atoms with Crippen LogP contribution < -0.4 is 16.4 Å². The average molecular weight is 1070 g/mol. The van der Waals surface area contributed by atoms with Crippen LogP contribution in [-0.2, 0) is 37.9 Å². The van der Waals surface area contributed by atoms with Crippen molar-refractivity contribution in [1.82, 2.24) is 9.13 Å². The lowest BCUT2D eigenvalue weighted by Gasteiger charge is -2.45. The van der Waals surface area contributed by atoms with Crippen LogP contribution in [0.25, 0.3) is 88.4 Å². The van der Waals surface area contributed by atoms with E-state index < -0.39 is 5.41 Å². The first kappa shape index (κ1) is 51.5. The van der Waals surface area contributed by atoms with Crippen LogP contribution in [0.5, 0.6) is 0 Å². The molecule has 1 aliphatic carbocycles. The van der Waals surface area contributed by atoms with E-state index in [4.69, 9.17) is 0 Å². The molecule has 9 aromatic carbocycles. The van der Waals surface area contributed by atoms with Crippen molar-refractivity contribution in [2.45, 2.75) is 163 Å². The Labute approximate surface area is 487 Å². The van der Waals surface area contributed by atoms with E-state index in [2.05, 4.69) is 285 Å². The molecule has 4 aliphatic rings. The van der Waals surface area contributed by atoms with Crippen LogP contribution in [0.2, 0.25) is 0 Å². The number of benzene rings is 9. The fourth-order valence-corrected chi connectivity index (χ4v) is 15.5. The van der Waals surface area contributed by atoms with Crippen molar-refractivity contribution in [3.63, 3.8) is 0 Å². The molecule has 2 nitrogen and oxygen atoms in total. The van der Waals surface area contributed by atoms with Crippen molar-refractivity contribution in [2.24, 2.45) is 0 Å². The van der Waals surface area contributed by atoms with Gasteiger partial charge < -0.3 is 9.13 Å². The zero-order valence-electron chi connectivity index (χ0n) is 51.9. The largest absolute Gasteiger partial charge is 0.310 e. The predicted molar refractivity (Wildman–Crippen MR) is 354 cm³/mol. The minimum Gasteiger partial charge on any atom is -0.310 e. The van der Waals surface area contributed by atoms with Crippen molar-refractivity contribution in [3.05, 3.63) is 207 Å². The molecular formula is C79H79BN2. The minimum absolute atomic E-state index is 0.00840. The maximum Gasteiger partial charge on any atom is 0.253 e. The molecule has 0 fully saturated rings. The molecule has 0 radical (unpaired) electrons. The number of aromatic nitrogens is 2. The fraction of sp³-hybridized carbons (Fsp3) is 0.316. The molecule has 0 atom stereocenters. The maximum absolute atomic E-state index is 2.82. The molecule has 82 heavy (non-hydrogen) atoms. The lowest BCUT2D eigenvalue weighted by atomic mass is 9.33. The highest BCUT2D eigenvalue weighted by Gasteiger charge is 2.56. The second-order valence-electron chi connectivity index (χ2n) is 31.4. The third-order valence-corrected chi connectivity index (χ3v) is 20.0. The van der Waals surface area contributed by atoms with Gasteiger partial charge in [-0.1, -0.05) is 252 Å². The smallest absolute Gasteiger partial charge is 0.253 e. The van der Waals surface area contributed by atoms with E-state index in [1.54, 1.807) is 0 Å². The van der Waals surface area contributed by atoms with E-state index >= 15 is 0 Å². The molecule has 0 amide bonds. The molecule has 3 heteroatoms. The van der Waals surface area contributed by atoms with Gasteiger partial charge in [0.1, 0.15) is 0 Å². The van der Waals surface area contributed by atoms with Gasteiger partial charge in [0.05, 0.1) is 22.1 Å². The number of rotatable bonds is 2. The average Bonchev–Trinajstić information content (AvgIpc) is 1.42. The Hall–Kier alpha value is -7.36. The number of hydrogen-bond acceptors (Lipinski definition) is 0. The van der Waals surface area contributed by atoms with Gasteiger partial charge in [0.25, 0.3) is 6.71 Å². The topological polar surface area (TPSA) is 9.86 Å². The summed E-state index contributed by atoms with van der Waals surface area (Å²) < 4.78 is 5.58. The fourth-order valence-electron chi connectivity index (χ4n) is 15.5. The van der Waals surface area contributed by atoms with Crippen LogP contribution in [0.3, 0.4) is 0 Å². The number of nitrogens with zero attached hydrogens (tertiary/aromatic N) is 2. The maximum atomic E-state index is 2.82. The Morgan fingerprint density at radius 3 is 1.38 bits per heavy atom. The molecule has 0 saturated heterocycles. The van der Waals surface area contributed by atoms with Crippen molar-refractivity contribution in [3.8, 4) is 44.9 Å². The van der Waals surface area contributed by atoms with E-state index in [1.165, 1.54) is 160 Å². The SMILES string of the molecule is CC(C)(C)c1ccc(-c2c(-c3ccc(C(C)(C)C)cc3)n3c4c(c5ccccc5cc24)B2c4c-3ccc3c4-n4c5c2cc(C(C)(C)C)cc5c2cc(C(C)(C)C)cc(c24)C32c3cc(C(C)(C)C)ccc3-c3ccc(C(C)(C)C)cc32)cc1. The first-order valence-corrected chi connectivity index (χ1v) is 30.5. The Kier molecular flexibility index (Phi) is 10.1. The normalized spacial score (nSPS) is 15.0. The molecule has 5 heterocycles. The summed E-state index contributed by atoms with van der Waals surface area (Å²) in [4.78, 5) is 0. The number of fused-ring (bicyclic) bond motifs is 13. The lowest BCUT2D eigenvalue weighted by Crippen LogP contribution is -2.61. The van der Waals surface area contributed by atoms with Gasteiger partial charge >= 0.3 is 0 Å². The summed E-state index contributed by atoms with van der Waals surface area (Å²) in [6, 6.07) is 62.0. The standard InChI is InChI=1S/C79H79BN2/c1-73(2,3)47-27-23-44(24-28-47)65-58-37-46-21-19-20-22-53(46)66-71(58)81(68(65)45-25-29-48(30-26-45)74(4,5)6)64-36-35-59-72-67(64)80(66)63-43-52(78(16,17)18)39-57-56-38-51(77(13,14)15)42-62(69(56)82(72)70(57)63)79(59)60-40-49(75(7,8)9)31-33-54(60)55-34-32-50(41-61(55)79)76(10,11)12/h19-43H,1-18H3. The third kappa shape index (κ3) is 6.77.